The second kappa shape index (κ2) is 10.5. The summed E-state index contributed by atoms with van der Waals surface area (Å²) >= 11 is 0. The smallest absolute Gasteiger partial charge is 0.233 e. The lowest BCUT2D eigenvalue weighted by Gasteiger charge is -2.07. The molecular weight excluding hydrogens is 290 g/mol. The van der Waals surface area contributed by atoms with Gasteiger partial charge < -0.3 is 15.4 Å². The summed E-state index contributed by atoms with van der Waals surface area (Å²) in [7, 11) is 1.58. The first-order valence-corrected chi connectivity index (χ1v) is 6.03. The largest absolute Gasteiger partial charge is 0.383 e. The number of hydrogen-bond acceptors (Lipinski definition) is 3. The van der Waals surface area contributed by atoms with Crippen molar-refractivity contribution in [3.05, 3.63) is 35.4 Å². The van der Waals surface area contributed by atoms with E-state index in [9.17, 15) is 13.6 Å². The van der Waals surface area contributed by atoms with Gasteiger partial charge in [0.05, 0.1) is 13.2 Å². The molecule has 0 heterocycles. The molecule has 0 saturated carbocycles. The molecule has 1 amide bonds. The van der Waals surface area contributed by atoms with Gasteiger partial charge in [0, 0.05) is 26.3 Å². The lowest BCUT2D eigenvalue weighted by atomic mass is 10.1. The van der Waals surface area contributed by atoms with E-state index in [-0.39, 0.29) is 24.9 Å². The van der Waals surface area contributed by atoms with E-state index in [0.717, 1.165) is 6.07 Å². The van der Waals surface area contributed by atoms with E-state index in [1.165, 1.54) is 12.1 Å². The van der Waals surface area contributed by atoms with E-state index in [4.69, 9.17) is 4.74 Å². The predicted octanol–water partition coefficient (Wildman–Crippen LogP) is 1.28. The molecule has 0 aliphatic heterocycles. The van der Waals surface area contributed by atoms with Crippen LogP contribution in [0.5, 0.6) is 0 Å². The van der Waals surface area contributed by atoms with Crippen molar-refractivity contribution in [3.63, 3.8) is 0 Å². The third kappa shape index (κ3) is 8.04. The highest BCUT2D eigenvalue weighted by atomic mass is 35.5. The van der Waals surface area contributed by atoms with Crippen LogP contribution >= 0.6 is 12.4 Å². The van der Waals surface area contributed by atoms with Crippen molar-refractivity contribution in [1.82, 2.24) is 10.6 Å². The first kappa shape index (κ1) is 18.8. The van der Waals surface area contributed by atoms with Crippen LogP contribution in [0.1, 0.15) is 5.56 Å². The zero-order valence-corrected chi connectivity index (χ0v) is 12.1. The highest BCUT2D eigenvalue weighted by Crippen LogP contribution is 2.07. The second-order valence-corrected chi connectivity index (χ2v) is 4.05. The van der Waals surface area contributed by atoms with Crippen LogP contribution in [-0.4, -0.2) is 39.3 Å². The topological polar surface area (TPSA) is 50.4 Å². The number of ether oxygens (including phenoxy) is 1. The number of benzene rings is 1. The fourth-order valence-electron chi connectivity index (χ4n) is 1.54. The van der Waals surface area contributed by atoms with Crippen LogP contribution in [0.25, 0.3) is 0 Å². The number of halogens is 3. The molecule has 0 aliphatic carbocycles. The Balaban J connectivity index is 0.00000361. The first-order chi connectivity index (χ1) is 9.11. The normalized spacial score (nSPS) is 9.95. The zero-order chi connectivity index (χ0) is 14.1. The number of carbonyl (C=O) groups is 1. The van der Waals surface area contributed by atoms with Gasteiger partial charge in [-0.2, -0.15) is 0 Å². The van der Waals surface area contributed by atoms with Crippen molar-refractivity contribution >= 4 is 18.3 Å². The molecule has 1 rings (SSSR count). The summed E-state index contributed by atoms with van der Waals surface area (Å²) < 4.78 is 30.6. The summed E-state index contributed by atoms with van der Waals surface area (Å²) in [5.41, 5.74) is 0.519. The lowest BCUT2D eigenvalue weighted by Crippen LogP contribution is -2.36. The Kier molecular flexibility index (Phi) is 9.88. The molecule has 0 fully saturated rings. The molecule has 0 spiro atoms. The maximum atomic E-state index is 12.9. The summed E-state index contributed by atoms with van der Waals surface area (Å²) in [6.45, 7) is 1.67. The van der Waals surface area contributed by atoms with E-state index in [1.54, 1.807) is 7.11 Å². The number of carbonyl (C=O) groups excluding carboxylic acids is 1. The van der Waals surface area contributed by atoms with Crippen LogP contribution < -0.4 is 10.6 Å². The predicted molar refractivity (Wildman–Crippen MR) is 75.1 cm³/mol. The molecule has 4 nitrogen and oxygen atoms in total. The highest BCUT2D eigenvalue weighted by molar-refractivity contribution is 5.85. The number of methoxy groups -OCH3 is 1. The van der Waals surface area contributed by atoms with E-state index >= 15 is 0 Å². The van der Waals surface area contributed by atoms with E-state index in [0.29, 0.717) is 31.7 Å². The van der Waals surface area contributed by atoms with Crippen molar-refractivity contribution < 1.29 is 18.3 Å². The number of nitrogens with one attached hydrogen (secondary N) is 2. The molecule has 0 aliphatic rings. The summed E-state index contributed by atoms with van der Waals surface area (Å²) in [5, 5.41) is 5.56. The van der Waals surface area contributed by atoms with Gasteiger partial charge in [0.15, 0.2) is 0 Å². The standard InChI is InChI=1S/C13H18F2N2O2.ClH/c1-19-5-4-16-9-13(18)17-3-2-10-6-11(14)8-12(15)7-10;/h6-8,16H,2-5,9H2,1H3,(H,17,18);1H. The first-order valence-electron chi connectivity index (χ1n) is 6.03. The van der Waals surface area contributed by atoms with Gasteiger partial charge in [-0.3, -0.25) is 4.79 Å². The quantitative estimate of drug-likeness (QED) is 0.711. The fraction of sp³-hybridized carbons (Fsp3) is 0.462. The van der Waals surface area contributed by atoms with Crippen molar-refractivity contribution in [2.24, 2.45) is 0 Å². The summed E-state index contributed by atoms with van der Waals surface area (Å²) in [4.78, 5) is 11.4. The van der Waals surface area contributed by atoms with Crippen LogP contribution in [0.2, 0.25) is 0 Å². The van der Waals surface area contributed by atoms with Crippen molar-refractivity contribution in [2.45, 2.75) is 6.42 Å². The molecule has 0 radical (unpaired) electrons. The molecule has 114 valence electrons. The SMILES string of the molecule is COCCNCC(=O)NCCc1cc(F)cc(F)c1.Cl. The Morgan fingerprint density at radius 2 is 1.85 bits per heavy atom. The number of amides is 1. The highest BCUT2D eigenvalue weighted by Gasteiger charge is 2.03. The Hall–Kier alpha value is -1.24. The minimum absolute atomic E-state index is 0. The molecule has 2 N–H and O–H groups in total. The Morgan fingerprint density at radius 3 is 2.45 bits per heavy atom. The third-order valence-electron chi connectivity index (χ3n) is 2.43. The van der Waals surface area contributed by atoms with Crippen LogP contribution in [-0.2, 0) is 16.0 Å². The van der Waals surface area contributed by atoms with Gasteiger partial charge in [-0.25, -0.2) is 8.78 Å². The van der Waals surface area contributed by atoms with Gasteiger partial charge in [0.1, 0.15) is 11.6 Å². The number of rotatable bonds is 8. The molecule has 0 aromatic heterocycles. The van der Waals surface area contributed by atoms with Gasteiger partial charge in [-0.15, -0.1) is 12.4 Å². The number of hydrogen-bond donors (Lipinski definition) is 2. The third-order valence-corrected chi connectivity index (χ3v) is 2.43. The Morgan fingerprint density at radius 1 is 1.20 bits per heavy atom. The summed E-state index contributed by atoms with van der Waals surface area (Å²) in [6.07, 6.45) is 0.387. The van der Waals surface area contributed by atoms with E-state index in [1.807, 2.05) is 0 Å². The summed E-state index contributed by atoms with van der Waals surface area (Å²) in [6, 6.07) is 3.33. The zero-order valence-electron chi connectivity index (χ0n) is 11.2. The van der Waals surface area contributed by atoms with Crippen LogP contribution in [0, 0.1) is 11.6 Å². The monoisotopic (exact) mass is 308 g/mol. The van der Waals surface area contributed by atoms with Gasteiger partial charge >= 0.3 is 0 Å². The minimum atomic E-state index is -0.609. The Labute approximate surface area is 123 Å². The van der Waals surface area contributed by atoms with Crippen LogP contribution in [0.4, 0.5) is 8.78 Å². The minimum Gasteiger partial charge on any atom is -0.383 e. The Bertz CT molecular complexity index is 399. The van der Waals surface area contributed by atoms with Crippen molar-refractivity contribution in [3.8, 4) is 0 Å². The van der Waals surface area contributed by atoms with Gasteiger partial charge in [-0.1, -0.05) is 0 Å². The maximum Gasteiger partial charge on any atom is 0.233 e. The lowest BCUT2D eigenvalue weighted by molar-refractivity contribution is -0.120. The molecule has 7 heteroatoms. The van der Waals surface area contributed by atoms with Gasteiger partial charge in [-0.05, 0) is 24.1 Å². The molecular formula is C13H19ClF2N2O2. The molecule has 0 saturated heterocycles. The van der Waals surface area contributed by atoms with Gasteiger partial charge in [0.2, 0.25) is 5.91 Å². The molecule has 0 bridgehead atoms. The summed E-state index contributed by atoms with van der Waals surface area (Å²) in [5.74, 6) is -1.38. The average molecular weight is 309 g/mol. The van der Waals surface area contributed by atoms with Gasteiger partial charge in [0.25, 0.3) is 0 Å². The molecule has 1 aromatic rings. The van der Waals surface area contributed by atoms with Crippen molar-refractivity contribution in [2.75, 3.05) is 33.4 Å². The van der Waals surface area contributed by atoms with E-state index < -0.39 is 11.6 Å². The average Bonchev–Trinajstić information content (AvgIpc) is 2.33. The second-order valence-electron chi connectivity index (χ2n) is 4.05. The molecule has 0 unspecified atom stereocenters. The van der Waals surface area contributed by atoms with Crippen LogP contribution in [0.3, 0.4) is 0 Å². The van der Waals surface area contributed by atoms with Crippen LogP contribution in [0.15, 0.2) is 18.2 Å². The maximum absolute atomic E-state index is 12.9. The molecule has 20 heavy (non-hydrogen) atoms. The van der Waals surface area contributed by atoms with Crippen molar-refractivity contribution in [1.29, 1.82) is 0 Å². The fourth-order valence-corrected chi connectivity index (χ4v) is 1.54. The molecule has 1 aromatic carbocycles. The molecule has 0 atom stereocenters. The van der Waals surface area contributed by atoms with E-state index in [2.05, 4.69) is 10.6 Å².